The Morgan fingerprint density at radius 1 is 1.35 bits per heavy atom. The quantitative estimate of drug-likeness (QED) is 0.798. The van der Waals surface area contributed by atoms with E-state index in [0.29, 0.717) is 11.8 Å². The van der Waals surface area contributed by atoms with Gasteiger partial charge >= 0.3 is 0 Å². The lowest BCUT2D eigenvalue weighted by atomic mass is 9.68. The van der Waals surface area contributed by atoms with Crippen LogP contribution in [0.5, 0.6) is 0 Å². The summed E-state index contributed by atoms with van der Waals surface area (Å²) < 4.78 is 5.77. The lowest BCUT2D eigenvalue weighted by Gasteiger charge is -2.38. The first-order valence-corrected chi connectivity index (χ1v) is 6.90. The number of ether oxygens (including phenoxy) is 1. The summed E-state index contributed by atoms with van der Waals surface area (Å²) in [6, 6.07) is 2.47. The fourth-order valence-electron chi connectivity index (χ4n) is 4.34. The first-order valence-electron chi connectivity index (χ1n) is 6.90. The van der Waals surface area contributed by atoms with E-state index >= 15 is 0 Å². The van der Waals surface area contributed by atoms with Crippen molar-refractivity contribution in [2.75, 3.05) is 0 Å². The van der Waals surface area contributed by atoms with Crippen LogP contribution in [0, 0.1) is 28.6 Å². The zero-order chi connectivity index (χ0) is 12.0. The number of aliphatic hydroxyl groups is 1. The molecular formula is C14H21NO2. The average molecular weight is 235 g/mol. The van der Waals surface area contributed by atoms with Gasteiger partial charge in [-0.15, -0.1) is 0 Å². The smallest absolute Gasteiger partial charge is 0.0990 e. The van der Waals surface area contributed by atoms with Crippen molar-refractivity contribution in [2.45, 2.75) is 63.8 Å². The summed E-state index contributed by atoms with van der Waals surface area (Å²) >= 11 is 0. The largest absolute Gasteiger partial charge is 0.389 e. The third-order valence-corrected chi connectivity index (χ3v) is 5.25. The Labute approximate surface area is 103 Å². The summed E-state index contributed by atoms with van der Waals surface area (Å²) in [6.07, 6.45) is 5.89. The van der Waals surface area contributed by atoms with E-state index in [2.05, 4.69) is 6.07 Å². The maximum absolute atomic E-state index is 10.6. The monoisotopic (exact) mass is 235 g/mol. The fraction of sp³-hybridized carbons (Fsp3) is 0.929. The van der Waals surface area contributed by atoms with Crippen molar-refractivity contribution in [3.8, 4) is 6.07 Å². The first-order chi connectivity index (χ1) is 8.15. The van der Waals surface area contributed by atoms with E-state index in [0.717, 1.165) is 32.1 Å². The van der Waals surface area contributed by atoms with Gasteiger partial charge in [-0.05, 0) is 50.9 Å². The highest BCUT2D eigenvalue weighted by Crippen LogP contribution is 2.58. The molecule has 3 heteroatoms. The van der Waals surface area contributed by atoms with Crippen LogP contribution >= 0.6 is 0 Å². The van der Waals surface area contributed by atoms with Crippen LogP contribution in [0.4, 0.5) is 0 Å². The molecule has 1 saturated heterocycles. The van der Waals surface area contributed by atoms with Gasteiger partial charge in [-0.2, -0.15) is 5.26 Å². The number of hydrogen-bond acceptors (Lipinski definition) is 3. The molecule has 1 N–H and O–H groups in total. The second-order valence-corrected chi connectivity index (χ2v) is 6.24. The molecule has 0 amide bonds. The summed E-state index contributed by atoms with van der Waals surface area (Å²) in [5.41, 5.74) is -0.502. The van der Waals surface area contributed by atoms with Crippen LogP contribution in [-0.4, -0.2) is 23.4 Å². The molecule has 6 unspecified atom stereocenters. The van der Waals surface area contributed by atoms with Crippen LogP contribution in [0.15, 0.2) is 0 Å². The molecule has 1 heterocycles. The van der Waals surface area contributed by atoms with Gasteiger partial charge in [0.25, 0.3) is 0 Å². The van der Waals surface area contributed by atoms with Crippen molar-refractivity contribution in [1.82, 2.24) is 0 Å². The number of hydrogen-bond donors (Lipinski definition) is 1. The van der Waals surface area contributed by atoms with Crippen molar-refractivity contribution < 1.29 is 9.84 Å². The van der Waals surface area contributed by atoms with E-state index in [4.69, 9.17) is 4.74 Å². The van der Waals surface area contributed by atoms with Crippen molar-refractivity contribution >= 4 is 0 Å². The van der Waals surface area contributed by atoms with E-state index in [-0.39, 0.29) is 12.2 Å². The highest BCUT2D eigenvalue weighted by Gasteiger charge is 2.57. The maximum Gasteiger partial charge on any atom is 0.0990 e. The predicted octanol–water partition coefficient (Wildman–Crippen LogP) is 2.24. The molecule has 3 rings (SSSR count). The molecular weight excluding hydrogens is 214 g/mol. The van der Waals surface area contributed by atoms with E-state index in [9.17, 15) is 10.4 Å². The highest BCUT2D eigenvalue weighted by molar-refractivity contribution is 5.16. The van der Waals surface area contributed by atoms with E-state index in [1.54, 1.807) is 0 Å². The molecule has 2 bridgehead atoms. The van der Waals surface area contributed by atoms with Gasteiger partial charge in [-0.1, -0.05) is 6.42 Å². The molecule has 0 aromatic carbocycles. The van der Waals surface area contributed by atoms with Crippen molar-refractivity contribution in [3.05, 3.63) is 0 Å². The van der Waals surface area contributed by atoms with Crippen LogP contribution in [0.25, 0.3) is 0 Å². The van der Waals surface area contributed by atoms with Crippen molar-refractivity contribution in [2.24, 2.45) is 17.3 Å². The summed E-state index contributed by atoms with van der Waals surface area (Å²) in [6.45, 7) is 2.05. The van der Waals surface area contributed by atoms with Gasteiger partial charge in [-0.3, -0.25) is 0 Å². The minimum atomic E-state index is -0.576. The molecule has 2 saturated carbocycles. The fourth-order valence-corrected chi connectivity index (χ4v) is 4.34. The number of nitrogens with zero attached hydrogens (tertiary/aromatic N) is 1. The minimum Gasteiger partial charge on any atom is -0.389 e. The van der Waals surface area contributed by atoms with Gasteiger partial charge in [0.15, 0.2) is 0 Å². The molecule has 3 fully saturated rings. The van der Waals surface area contributed by atoms with Crippen LogP contribution in [-0.2, 0) is 4.74 Å². The second-order valence-electron chi connectivity index (χ2n) is 6.24. The molecule has 3 aliphatic rings. The molecule has 6 atom stereocenters. The van der Waals surface area contributed by atoms with Gasteiger partial charge in [0.05, 0.1) is 29.8 Å². The van der Waals surface area contributed by atoms with Crippen molar-refractivity contribution in [1.29, 1.82) is 5.26 Å². The molecule has 0 radical (unpaired) electrons. The lowest BCUT2D eigenvalue weighted by molar-refractivity contribution is -0.0869. The van der Waals surface area contributed by atoms with E-state index in [1.807, 2.05) is 6.92 Å². The number of nitriles is 1. The molecule has 0 aromatic rings. The third kappa shape index (κ3) is 1.62. The summed E-state index contributed by atoms with van der Waals surface area (Å²) in [5, 5.41) is 20.2. The van der Waals surface area contributed by atoms with Gasteiger partial charge in [-0.25, -0.2) is 0 Å². The number of rotatable bonds is 2. The SMILES string of the molecule is CC1CCC(C(O)C2(C#N)CC3CCC2C3)O1. The Balaban J connectivity index is 1.80. The van der Waals surface area contributed by atoms with Crippen LogP contribution in [0.2, 0.25) is 0 Å². The van der Waals surface area contributed by atoms with E-state index in [1.165, 1.54) is 6.42 Å². The minimum absolute atomic E-state index is 0.107. The van der Waals surface area contributed by atoms with E-state index < -0.39 is 11.5 Å². The molecule has 0 spiro atoms. The third-order valence-electron chi connectivity index (χ3n) is 5.25. The zero-order valence-corrected chi connectivity index (χ0v) is 10.4. The highest BCUT2D eigenvalue weighted by atomic mass is 16.5. The standard InChI is InChI=1S/C14H21NO2/c1-9-2-5-12(17-9)13(16)14(8-15)7-10-3-4-11(14)6-10/h9-13,16H,2-7H2,1H3. The first kappa shape index (κ1) is 11.5. The lowest BCUT2D eigenvalue weighted by Crippen LogP contribution is -2.45. The summed E-state index contributed by atoms with van der Waals surface area (Å²) in [4.78, 5) is 0. The number of fused-ring (bicyclic) bond motifs is 2. The zero-order valence-electron chi connectivity index (χ0n) is 10.4. The van der Waals surface area contributed by atoms with Crippen LogP contribution in [0.3, 0.4) is 0 Å². The Bertz CT molecular complexity index is 351. The maximum atomic E-state index is 10.6. The Hall–Kier alpha value is -0.590. The van der Waals surface area contributed by atoms with Gasteiger partial charge in [0.2, 0.25) is 0 Å². The Kier molecular flexibility index (Phi) is 2.68. The van der Waals surface area contributed by atoms with Crippen LogP contribution in [0.1, 0.15) is 45.4 Å². The topological polar surface area (TPSA) is 53.2 Å². The van der Waals surface area contributed by atoms with Gasteiger partial charge < -0.3 is 9.84 Å². The Morgan fingerprint density at radius 2 is 2.18 bits per heavy atom. The summed E-state index contributed by atoms with van der Waals surface area (Å²) in [5.74, 6) is 1.08. The molecule has 3 nitrogen and oxygen atoms in total. The molecule has 17 heavy (non-hydrogen) atoms. The molecule has 94 valence electrons. The molecule has 2 aliphatic carbocycles. The molecule has 0 aromatic heterocycles. The molecule has 1 aliphatic heterocycles. The number of aliphatic hydroxyl groups excluding tert-OH is 1. The normalized spacial score (nSPS) is 50.4. The van der Waals surface area contributed by atoms with Crippen LogP contribution < -0.4 is 0 Å². The second kappa shape index (κ2) is 3.96. The van der Waals surface area contributed by atoms with Gasteiger partial charge in [0.1, 0.15) is 0 Å². The van der Waals surface area contributed by atoms with Crippen molar-refractivity contribution in [3.63, 3.8) is 0 Å². The Morgan fingerprint density at radius 3 is 2.65 bits per heavy atom. The van der Waals surface area contributed by atoms with Gasteiger partial charge in [0, 0.05) is 0 Å². The summed E-state index contributed by atoms with van der Waals surface area (Å²) in [7, 11) is 0. The predicted molar refractivity (Wildman–Crippen MR) is 63.1 cm³/mol. The average Bonchev–Trinajstić information content (AvgIpc) is 3.02.